The molecule has 0 radical (unpaired) electrons. The van der Waals surface area contributed by atoms with Gasteiger partial charge in [-0.15, -0.1) is 11.3 Å². The summed E-state index contributed by atoms with van der Waals surface area (Å²) in [5, 5.41) is 2.08. The van der Waals surface area contributed by atoms with E-state index < -0.39 is 0 Å². The Bertz CT molecular complexity index is 612. The number of nitrogens with zero attached hydrogens (tertiary/aromatic N) is 1. The summed E-state index contributed by atoms with van der Waals surface area (Å²) < 4.78 is 0. The highest BCUT2D eigenvalue weighted by Gasteiger charge is 2.22. The molecular weight excluding hydrogens is 302 g/mol. The topological polar surface area (TPSA) is 20.3 Å². The summed E-state index contributed by atoms with van der Waals surface area (Å²) in [6.45, 7) is 2.77. The van der Waals surface area contributed by atoms with Crippen molar-refractivity contribution < 1.29 is 4.79 Å². The standard InChI is InChI=1S/C20H25NOS/c1-16-9-11-18(12-10-16)21(15-19-8-5-13-23-19)20(22)14-17-6-3-2-4-7-17/h5,8-13,17H,2-4,6-7,14-15H2,1H3. The third kappa shape index (κ3) is 4.44. The Morgan fingerprint density at radius 3 is 2.52 bits per heavy atom. The zero-order valence-electron chi connectivity index (χ0n) is 13.8. The molecule has 0 N–H and O–H groups in total. The molecule has 3 rings (SSSR count). The van der Waals surface area contributed by atoms with Gasteiger partial charge < -0.3 is 4.90 Å². The van der Waals surface area contributed by atoms with Crippen LogP contribution in [0.1, 0.15) is 49.0 Å². The van der Waals surface area contributed by atoms with E-state index in [2.05, 4.69) is 48.7 Å². The monoisotopic (exact) mass is 327 g/mol. The van der Waals surface area contributed by atoms with E-state index in [9.17, 15) is 4.79 Å². The zero-order valence-corrected chi connectivity index (χ0v) is 14.6. The second-order valence-corrected chi connectivity index (χ2v) is 7.64. The summed E-state index contributed by atoms with van der Waals surface area (Å²) in [6, 6.07) is 12.5. The molecule has 23 heavy (non-hydrogen) atoms. The minimum absolute atomic E-state index is 0.272. The molecule has 1 amide bonds. The molecule has 1 saturated carbocycles. The average molecular weight is 327 g/mol. The van der Waals surface area contributed by atoms with Crippen molar-refractivity contribution >= 4 is 22.9 Å². The molecule has 0 saturated heterocycles. The first-order valence-corrected chi connectivity index (χ1v) is 9.50. The number of carbonyl (C=O) groups is 1. The van der Waals surface area contributed by atoms with E-state index in [-0.39, 0.29) is 5.91 Å². The van der Waals surface area contributed by atoms with Gasteiger partial charge in [-0.05, 0) is 49.3 Å². The highest BCUT2D eigenvalue weighted by Crippen LogP contribution is 2.29. The summed E-state index contributed by atoms with van der Waals surface area (Å²) in [4.78, 5) is 16.2. The fourth-order valence-corrected chi connectivity index (χ4v) is 4.05. The Kier molecular flexibility index (Phi) is 5.50. The summed E-state index contributed by atoms with van der Waals surface area (Å²) in [7, 11) is 0. The van der Waals surface area contributed by atoms with Crippen LogP contribution >= 0.6 is 11.3 Å². The van der Waals surface area contributed by atoms with Crippen molar-refractivity contribution in [3.05, 3.63) is 52.2 Å². The van der Waals surface area contributed by atoms with Crippen molar-refractivity contribution in [1.29, 1.82) is 0 Å². The smallest absolute Gasteiger partial charge is 0.227 e. The predicted molar refractivity (Wildman–Crippen MR) is 97.9 cm³/mol. The molecule has 1 aliphatic carbocycles. The molecule has 2 nitrogen and oxygen atoms in total. The maximum atomic E-state index is 13.0. The first-order chi connectivity index (χ1) is 11.2. The normalized spacial score (nSPS) is 15.5. The quantitative estimate of drug-likeness (QED) is 0.704. The van der Waals surface area contributed by atoms with Gasteiger partial charge in [0, 0.05) is 17.0 Å². The SMILES string of the molecule is Cc1ccc(N(Cc2cccs2)C(=O)CC2CCCCC2)cc1. The molecule has 0 aliphatic heterocycles. The van der Waals surface area contributed by atoms with E-state index >= 15 is 0 Å². The molecule has 1 aromatic heterocycles. The molecule has 0 atom stereocenters. The van der Waals surface area contributed by atoms with E-state index in [0.29, 0.717) is 18.9 Å². The van der Waals surface area contributed by atoms with Crippen LogP contribution < -0.4 is 4.90 Å². The molecule has 122 valence electrons. The van der Waals surface area contributed by atoms with Gasteiger partial charge in [-0.3, -0.25) is 4.79 Å². The van der Waals surface area contributed by atoms with E-state index in [0.717, 1.165) is 5.69 Å². The van der Waals surface area contributed by atoms with E-state index in [1.54, 1.807) is 11.3 Å². The van der Waals surface area contributed by atoms with Gasteiger partial charge in [-0.2, -0.15) is 0 Å². The number of aryl methyl sites for hydroxylation is 1. The van der Waals surface area contributed by atoms with Crippen molar-refractivity contribution in [1.82, 2.24) is 0 Å². The second-order valence-electron chi connectivity index (χ2n) is 6.60. The van der Waals surface area contributed by atoms with Gasteiger partial charge >= 0.3 is 0 Å². The summed E-state index contributed by atoms with van der Waals surface area (Å²) in [6.07, 6.45) is 7.03. The molecule has 1 aromatic carbocycles. The first-order valence-electron chi connectivity index (χ1n) is 8.62. The fourth-order valence-electron chi connectivity index (χ4n) is 3.35. The van der Waals surface area contributed by atoms with Crippen molar-refractivity contribution in [3.8, 4) is 0 Å². The Hall–Kier alpha value is -1.61. The number of hydrogen-bond acceptors (Lipinski definition) is 2. The molecule has 0 spiro atoms. The Labute approximate surface area is 143 Å². The first kappa shape index (κ1) is 16.3. The Morgan fingerprint density at radius 2 is 1.87 bits per heavy atom. The van der Waals surface area contributed by atoms with Crippen molar-refractivity contribution in [2.45, 2.75) is 52.0 Å². The number of anilines is 1. The maximum absolute atomic E-state index is 13.0. The van der Waals surface area contributed by atoms with Gasteiger partial charge in [0.2, 0.25) is 5.91 Å². The largest absolute Gasteiger partial charge is 0.307 e. The highest BCUT2D eigenvalue weighted by atomic mass is 32.1. The van der Waals surface area contributed by atoms with E-state index in [4.69, 9.17) is 0 Å². The Morgan fingerprint density at radius 1 is 1.13 bits per heavy atom. The number of hydrogen-bond donors (Lipinski definition) is 0. The van der Waals surface area contributed by atoms with Crippen molar-refractivity contribution in [3.63, 3.8) is 0 Å². The lowest BCUT2D eigenvalue weighted by atomic mass is 9.86. The van der Waals surface area contributed by atoms with Gasteiger partial charge in [0.05, 0.1) is 6.54 Å². The third-order valence-electron chi connectivity index (χ3n) is 4.73. The van der Waals surface area contributed by atoms with E-state index in [1.807, 2.05) is 4.90 Å². The van der Waals surface area contributed by atoms with Crippen LogP contribution in [0, 0.1) is 12.8 Å². The van der Waals surface area contributed by atoms with Crippen LogP contribution in [-0.2, 0) is 11.3 Å². The van der Waals surface area contributed by atoms with Gasteiger partial charge in [0.25, 0.3) is 0 Å². The molecule has 3 heteroatoms. The number of amides is 1. The number of benzene rings is 1. The van der Waals surface area contributed by atoms with Crippen molar-refractivity contribution in [2.24, 2.45) is 5.92 Å². The van der Waals surface area contributed by atoms with Gasteiger partial charge in [-0.1, -0.05) is 43.0 Å². The Balaban J connectivity index is 1.75. The average Bonchev–Trinajstić information content (AvgIpc) is 3.08. The zero-order chi connectivity index (χ0) is 16.1. The fraction of sp³-hybridized carbons (Fsp3) is 0.450. The highest BCUT2D eigenvalue weighted by molar-refractivity contribution is 7.09. The van der Waals surface area contributed by atoms with Crippen LogP contribution in [0.2, 0.25) is 0 Å². The van der Waals surface area contributed by atoms with Crippen LogP contribution in [-0.4, -0.2) is 5.91 Å². The minimum atomic E-state index is 0.272. The number of carbonyl (C=O) groups excluding carboxylic acids is 1. The number of rotatable bonds is 5. The molecule has 1 heterocycles. The van der Waals surface area contributed by atoms with Crippen LogP contribution in [0.4, 0.5) is 5.69 Å². The number of thiophene rings is 1. The third-order valence-corrected chi connectivity index (χ3v) is 5.59. The maximum Gasteiger partial charge on any atom is 0.227 e. The van der Waals surface area contributed by atoms with Gasteiger partial charge in [0.15, 0.2) is 0 Å². The lowest BCUT2D eigenvalue weighted by molar-refractivity contribution is -0.119. The van der Waals surface area contributed by atoms with Crippen LogP contribution in [0.15, 0.2) is 41.8 Å². The molecular formula is C20H25NOS. The molecule has 0 unspecified atom stereocenters. The van der Waals surface area contributed by atoms with Gasteiger partial charge in [0.1, 0.15) is 0 Å². The van der Waals surface area contributed by atoms with Crippen LogP contribution in [0.25, 0.3) is 0 Å². The summed E-state index contributed by atoms with van der Waals surface area (Å²) in [5.74, 6) is 0.849. The van der Waals surface area contributed by atoms with Gasteiger partial charge in [-0.25, -0.2) is 0 Å². The van der Waals surface area contributed by atoms with Crippen LogP contribution in [0.3, 0.4) is 0 Å². The molecule has 1 aliphatic rings. The van der Waals surface area contributed by atoms with E-state index in [1.165, 1.54) is 42.5 Å². The lowest BCUT2D eigenvalue weighted by Crippen LogP contribution is -2.32. The second kappa shape index (κ2) is 7.78. The predicted octanol–water partition coefficient (Wildman–Crippen LogP) is 5.56. The summed E-state index contributed by atoms with van der Waals surface area (Å²) >= 11 is 1.72. The molecule has 2 aromatic rings. The minimum Gasteiger partial charge on any atom is -0.307 e. The molecule has 1 fully saturated rings. The molecule has 0 bridgehead atoms. The van der Waals surface area contributed by atoms with Crippen molar-refractivity contribution in [2.75, 3.05) is 4.90 Å². The summed E-state index contributed by atoms with van der Waals surface area (Å²) in [5.41, 5.74) is 2.24. The lowest BCUT2D eigenvalue weighted by Gasteiger charge is -2.27. The van der Waals surface area contributed by atoms with Crippen LogP contribution in [0.5, 0.6) is 0 Å².